The number of fused-ring (bicyclic) bond motifs is 1. The van der Waals surface area contributed by atoms with Crippen molar-refractivity contribution in [3.05, 3.63) is 29.3 Å². The van der Waals surface area contributed by atoms with Crippen molar-refractivity contribution in [1.82, 2.24) is 5.32 Å². The first-order valence-electron chi connectivity index (χ1n) is 7.41. The average Bonchev–Trinajstić information content (AvgIpc) is 2.76. The van der Waals surface area contributed by atoms with Gasteiger partial charge in [0.15, 0.2) is 0 Å². The average molecular weight is 336 g/mol. The van der Waals surface area contributed by atoms with Gasteiger partial charge in [-0.2, -0.15) is 0 Å². The second-order valence-corrected chi connectivity index (χ2v) is 6.48. The molecule has 0 aromatic heterocycles. The van der Waals surface area contributed by atoms with Gasteiger partial charge in [0, 0.05) is 6.54 Å². The molecule has 2 unspecified atom stereocenters. The molecule has 4 N–H and O–H groups in total. The molecular weight excluding hydrogens is 316 g/mol. The van der Waals surface area contributed by atoms with Crippen molar-refractivity contribution >= 4 is 23.5 Å². The lowest BCUT2D eigenvalue weighted by Gasteiger charge is -2.22. The Bertz CT molecular complexity index is 680. The highest BCUT2D eigenvalue weighted by Gasteiger charge is 2.29. The van der Waals surface area contributed by atoms with Gasteiger partial charge in [-0.15, -0.1) is 0 Å². The van der Waals surface area contributed by atoms with Crippen molar-refractivity contribution in [2.75, 3.05) is 11.9 Å². The van der Waals surface area contributed by atoms with E-state index in [2.05, 4.69) is 10.6 Å². The van der Waals surface area contributed by atoms with Crippen LogP contribution in [-0.4, -0.2) is 46.2 Å². The van der Waals surface area contributed by atoms with Crippen molar-refractivity contribution in [3.63, 3.8) is 0 Å². The number of Topliss-reactive ketones (excluding diaryl/α,β-unsaturated/α-hetero) is 1. The molecule has 2 atom stereocenters. The minimum atomic E-state index is -1.31. The van der Waals surface area contributed by atoms with Gasteiger partial charge < -0.3 is 25.6 Å². The van der Waals surface area contributed by atoms with Gasteiger partial charge in [0.25, 0.3) is 11.7 Å². The molecular formula is C16H20N2O6. The van der Waals surface area contributed by atoms with Crippen LogP contribution in [0.5, 0.6) is 0 Å². The smallest absolute Gasteiger partial charge is 0.407 e. The summed E-state index contributed by atoms with van der Waals surface area (Å²) in [4.78, 5) is 34.4. The molecule has 0 spiro atoms. The Morgan fingerprint density at radius 1 is 1.29 bits per heavy atom. The van der Waals surface area contributed by atoms with Gasteiger partial charge in [0.1, 0.15) is 17.8 Å². The fourth-order valence-corrected chi connectivity index (χ4v) is 2.18. The molecule has 1 aromatic carbocycles. The maximum Gasteiger partial charge on any atom is 0.407 e. The molecule has 1 aliphatic rings. The van der Waals surface area contributed by atoms with Crippen molar-refractivity contribution in [3.8, 4) is 0 Å². The van der Waals surface area contributed by atoms with E-state index in [1.807, 2.05) is 0 Å². The molecule has 24 heavy (non-hydrogen) atoms. The Kier molecular flexibility index (Phi) is 4.91. The van der Waals surface area contributed by atoms with Crippen molar-refractivity contribution in [2.45, 2.75) is 38.6 Å². The number of amides is 2. The monoisotopic (exact) mass is 336 g/mol. The normalized spacial score (nSPS) is 16.2. The van der Waals surface area contributed by atoms with Crippen LogP contribution in [0.1, 0.15) is 42.8 Å². The quantitative estimate of drug-likeness (QED) is 0.601. The summed E-state index contributed by atoms with van der Waals surface area (Å²) in [5, 5.41) is 24.9. The topological polar surface area (TPSA) is 125 Å². The molecule has 2 amide bonds. The van der Waals surface area contributed by atoms with Crippen LogP contribution in [0, 0.1) is 0 Å². The van der Waals surface area contributed by atoms with Crippen LogP contribution in [0.3, 0.4) is 0 Å². The highest BCUT2D eigenvalue weighted by Crippen LogP contribution is 2.28. The van der Waals surface area contributed by atoms with Crippen LogP contribution in [0.25, 0.3) is 0 Å². The third-order valence-corrected chi connectivity index (χ3v) is 3.30. The van der Waals surface area contributed by atoms with E-state index < -0.39 is 35.6 Å². The minimum absolute atomic E-state index is 0.220. The van der Waals surface area contributed by atoms with E-state index in [1.165, 1.54) is 18.2 Å². The van der Waals surface area contributed by atoms with Crippen molar-refractivity contribution in [1.29, 1.82) is 0 Å². The fraction of sp³-hybridized carbons (Fsp3) is 0.438. The Morgan fingerprint density at radius 3 is 2.58 bits per heavy atom. The van der Waals surface area contributed by atoms with E-state index in [1.54, 1.807) is 20.8 Å². The summed E-state index contributed by atoms with van der Waals surface area (Å²) in [6, 6.07) is 4.26. The Hall–Kier alpha value is -2.45. The number of benzene rings is 1. The van der Waals surface area contributed by atoms with Crippen LogP contribution in [0.4, 0.5) is 10.5 Å². The summed E-state index contributed by atoms with van der Waals surface area (Å²) in [6.07, 6.45) is -3.30. The zero-order valence-electron chi connectivity index (χ0n) is 13.6. The van der Waals surface area contributed by atoms with Crippen molar-refractivity contribution < 1.29 is 29.3 Å². The number of aliphatic hydroxyl groups excluding tert-OH is 2. The van der Waals surface area contributed by atoms with Gasteiger partial charge in [0.2, 0.25) is 0 Å². The SMILES string of the molecule is CC(C)(C)OC(=O)NCC(O)C(O)c1ccc2c(c1)NC(=O)C2=O. The lowest BCUT2D eigenvalue weighted by atomic mass is 10.0. The Morgan fingerprint density at radius 2 is 1.96 bits per heavy atom. The number of carbonyl (C=O) groups is 3. The molecule has 0 fully saturated rings. The summed E-state index contributed by atoms with van der Waals surface area (Å²) in [5.41, 5.74) is 0.145. The van der Waals surface area contributed by atoms with Crippen LogP contribution in [0.2, 0.25) is 0 Å². The molecule has 1 aromatic rings. The summed E-state index contributed by atoms with van der Waals surface area (Å²) >= 11 is 0. The van der Waals surface area contributed by atoms with Crippen molar-refractivity contribution in [2.24, 2.45) is 0 Å². The van der Waals surface area contributed by atoms with Gasteiger partial charge in [0.05, 0.1) is 11.3 Å². The summed E-state index contributed by atoms with van der Waals surface area (Å²) < 4.78 is 5.03. The van der Waals surface area contributed by atoms with E-state index in [4.69, 9.17) is 4.74 Å². The predicted octanol–water partition coefficient (Wildman–Crippen LogP) is 0.740. The lowest BCUT2D eigenvalue weighted by Crippen LogP contribution is -2.38. The highest BCUT2D eigenvalue weighted by molar-refractivity contribution is 6.51. The maximum absolute atomic E-state index is 11.5. The summed E-state index contributed by atoms with van der Waals surface area (Å²) in [5.74, 6) is -1.37. The molecule has 8 heteroatoms. The number of nitrogens with one attached hydrogen (secondary N) is 2. The lowest BCUT2D eigenvalue weighted by molar-refractivity contribution is -0.112. The fourth-order valence-electron chi connectivity index (χ4n) is 2.18. The Labute approximate surface area is 138 Å². The largest absolute Gasteiger partial charge is 0.444 e. The van der Waals surface area contributed by atoms with Gasteiger partial charge in [-0.25, -0.2) is 4.79 Å². The first-order chi connectivity index (χ1) is 11.1. The number of alkyl carbamates (subject to hydrolysis) is 1. The highest BCUT2D eigenvalue weighted by atomic mass is 16.6. The number of carbonyl (C=O) groups excluding carboxylic acids is 3. The number of ether oxygens (including phenoxy) is 1. The van der Waals surface area contributed by atoms with Gasteiger partial charge in [-0.3, -0.25) is 9.59 Å². The van der Waals surface area contributed by atoms with E-state index in [0.717, 1.165) is 0 Å². The zero-order chi connectivity index (χ0) is 18.1. The van der Waals surface area contributed by atoms with Crippen LogP contribution < -0.4 is 10.6 Å². The van der Waals surface area contributed by atoms with Gasteiger partial charge in [-0.05, 0) is 38.5 Å². The predicted molar refractivity (Wildman–Crippen MR) is 84.6 cm³/mol. The molecule has 2 rings (SSSR count). The first-order valence-corrected chi connectivity index (χ1v) is 7.41. The molecule has 1 aliphatic heterocycles. The molecule has 0 aliphatic carbocycles. The Balaban J connectivity index is 1.98. The standard InChI is InChI=1S/C16H20N2O6/c1-16(2,3)24-15(23)17-7-11(19)12(20)8-4-5-9-10(6-8)18-14(22)13(9)21/h4-6,11-12,19-20H,7H2,1-3H3,(H,17,23)(H,18,21,22). The third-order valence-electron chi connectivity index (χ3n) is 3.30. The van der Waals surface area contributed by atoms with Crippen LogP contribution in [-0.2, 0) is 9.53 Å². The molecule has 0 radical (unpaired) electrons. The second kappa shape index (κ2) is 6.58. The number of hydrogen-bond donors (Lipinski definition) is 4. The molecule has 8 nitrogen and oxygen atoms in total. The summed E-state index contributed by atoms with van der Waals surface area (Å²) in [7, 11) is 0. The first kappa shape index (κ1) is 17.9. The second-order valence-electron chi connectivity index (χ2n) is 6.48. The minimum Gasteiger partial charge on any atom is -0.444 e. The molecule has 0 saturated carbocycles. The zero-order valence-corrected chi connectivity index (χ0v) is 13.6. The molecule has 1 heterocycles. The van der Waals surface area contributed by atoms with Crippen LogP contribution in [0.15, 0.2) is 18.2 Å². The van der Waals surface area contributed by atoms with Gasteiger partial charge in [-0.1, -0.05) is 6.07 Å². The number of aliphatic hydroxyl groups is 2. The van der Waals surface area contributed by atoms with E-state index >= 15 is 0 Å². The number of ketones is 1. The number of anilines is 1. The summed E-state index contributed by atoms with van der Waals surface area (Å²) in [6.45, 7) is 4.90. The van der Waals surface area contributed by atoms with E-state index in [-0.39, 0.29) is 17.8 Å². The molecule has 130 valence electrons. The third kappa shape index (κ3) is 4.09. The van der Waals surface area contributed by atoms with E-state index in [0.29, 0.717) is 5.56 Å². The maximum atomic E-state index is 11.5. The molecule has 0 bridgehead atoms. The van der Waals surface area contributed by atoms with Crippen LogP contribution >= 0.6 is 0 Å². The van der Waals surface area contributed by atoms with Gasteiger partial charge >= 0.3 is 6.09 Å². The number of hydrogen-bond acceptors (Lipinski definition) is 6. The number of rotatable bonds is 4. The van der Waals surface area contributed by atoms with E-state index in [9.17, 15) is 24.6 Å². The molecule has 0 saturated heterocycles.